The Morgan fingerprint density at radius 3 is 1.65 bits per heavy atom. The number of fused-ring (bicyclic) bond motifs is 9. The first kappa shape index (κ1) is 36.9. The molecule has 0 atom stereocenters. The molecule has 65 heavy (non-hydrogen) atoms. The summed E-state index contributed by atoms with van der Waals surface area (Å²) in [7, 11) is 0. The van der Waals surface area contributed by atoms with Gasteiger partial charge in [-0.05, 0) is 111 Å². The minimum atomic E-state index is 0.846. The van der Waals surface area contributed by atoms with Crippen molar-refractivity contribution in [1.29, 1.82) is 0 Å². The summed E-state index contributed by atoms with van der Waals surface area (Å²) in [5.41, 5.74) is 15.0. The fraction of sp³-hybridized carbons (Fsp3) is 0. The lowest BCUT2D eigenvalue weighted by atomic mass is 9.96. The lowest BCUT2D eigenvalue weighted by Gasteiger charge is -2.28. The molecular weight excluding hydrogens is 789 g/mol. The van der Waals surface area contributed by atoms with Crippen molar-refractivity contribution in [2.75, 3.05) is 4.90 Å². The van der Waals surface area contributed by atoms with Crippen molar-refractivity contribution in [2.24, 2.45) is 0 Å². The Balaban J connectivity index is 1.05. The van der Waals surface area contributed by atoms with E-state index in [1.165, 1.54) is 54.5 Å². The Labute approximate surface area is 376 Å². The summed E-state index contributed by atoms with van der Waals surface area (Å²) >= 11 is 0. The van der Waals surface area contributed by atoms with Crippen LogP contribution in [0, 0.1) is 0 Å². The van der Waals surface area contributed by atoms with Gasteiger partial charge in [0.2, 0.25) is 0 Å². The highest BCUT2D eigenvalue weighted by Gasteiger charge is 2.25. The summed E-state index contributed by atoms with van der Waals surface area (Å²) in [6.45, 7) is 0. The summed E-state index contributed by atoms with van der Waals surface area (Å²) < 4.78 is 9.48. The number of hydrogen-bond donors (Lipinski definition) is 0. The van der Waals surface area contributed by atoms with Crippen LogP contribution in [0.1, 0.15) is 0 Å². The van der Waals surface area contributed by atoms with E-state index in [-0.39, 0.29) is 0 Å². The Morgan fingerprint density at radius 2 is 0.892 bits per heavy atom. The fourth-order valence-electron chi connectivity index (χ4n) is 10.2. The van der Waals surface area contributed by atoms with Gasteiger partial charge in [0, 0.05) is 38.7 Å². The molecule has 2 aromatic heterocycles. The van der Waals surface area contributed by atoms with E-state index in [2.05, 4.69) is 252 Å². The molecule has 2 heterocycles. The third-order valence-corrected chi connectivity index (χ3v) is 13.2. The molecule has 11 aromatic carbocycles. The summed E-state index contributed by atoms with van der Waals surface area (Å²) in [5.74, 6) is 0. The van der Waals surface area contributed by atoms with Crippen molar-refractivity contribution in [3.63, 3.8) is 0 Å². The molecule has 0 unspecified atom stereocenters. The number of para-hydroxylation sites is 4. The zero-order valence-electron chi connectivity index (χ0n) is 35.4. The molecule has 0 bridgehead atoms. The highest BCUT2D eigenvalue weighted by Crippen LogP contribution is 2.48. The lowest BCUT2D eigenvalue weighted by Crippen LogP contribution is -2.11. The molecule has 13 rings (SSSR count). The number of anilines is 3. The first-order valence-corrected chi connectivity index (χ1v) is 22.2. The molecule has 0 aliphatic carbocycles. The molecule has 304 valence electrons. The summed E-state index contributed by atoms with van der Waals surface area (Å²) in [6, 6.07) is 87.7. The van der Waals surface area contributed by atoms with E-state index >= 15 is 0 Å². The molecule has 0 aliphatic rings. The van der Waals surface area contributed by atoms with Gasteiger partial charge in [-0.3, -0.25) is 0 Å². The molecule has 0 aliphatic heterocycles. The highest BCUT2D eigenvalue weighted by atomic mass is 16.3. The van der Waals surface area contributed by atoms with Crippen molar-refractivity contribution in [3.05, 3.63) is 243 Å². The molecule has 3 nitrogen and oxygen atoms in total. The number of furan rings is 1. The maximum Gasteiger partial charge on any atom is 0.145 e. The van der Waals surface area contributed by atoms with Crippen LogP contribution in [-0.2, 0) is 0 Å². The summed E-state index contributed by atoms with van der Waals surface area (Å²) in [6.07, 6.45) is 0. The van der Waals surface area contributed by atoms with Crippen LogP contribution in [0.5, 0.6) is 0 Å². The van der Waals surface area contributed by atoms with Gasteiger partial charge in [0.05, 0.1) is 27.8 Å². The van der Waals surface area contributed by atoms with Crippen molar-refractivity contribution in [1.82, 2.24) is 4.57 Å². The monoisotopic (exact) mass is 828 g/mol. The van der Waals surface area contributed by atoms with Crippen LogP contribution in [0.4, 0.5) is 17.1 Å². The SMILES string of the molecule is c1ccc(-c2cccc(N(c3cccc(-c4ccc5ccc6ccccc6c5c4)c3)c3ccc(-c4ccccc4-n4c5ccccc5c5ccccc54)c4oc5ccccc5c34)c2)cc1. The third kappa shape index (κ3) is 6.05. The Hall–Kier alpha value is -8.66. The number of hydrogen-bond acceptors (Lipinski definition) is 2. The Bertz CT molecular complexity index is 3920. The Morgan fingerprint density at radius 1 is 0.338 bits per heavy atom. The zero-order valence-corrected chi connectivity index (χ0v) is 35.4. The highest BCUT2D eigenvalue weighted by molar-refractivity contribution is 6.18. The van der Waals surface area contributed by atoms with Crippen molar-refractivity contribution >= 4 is 82.4 Å². The summed E-state index contributed by atoms with van der Waals surface area (Å²) in [4.78, 5) is 2.42. The topological polar surface area (TPSA) is 21.3 Å². The van der Waals surface area contributed by atoms with E-state index in [0.29, 0.717) is 0 Å². The second-order valence-corrected chi connectivity index (χ2v) is 16.8. The maximum atomic E-state index is 7.07. The van der Waals surface area contributed by atoms with Crippen molar-refractivity contribution < 1.29 is 4.42 Å². The van der Waals surface area contributed by atoms with Crippen LogP contribution in [0.25, 0.3) is 104 Å². The smallest absolute Gasteiger partial charge is 0.145 e. The molecule has 13 aromatic rings. The predicted molar refractivity (Wildman–Crippen MR) is 274 cm³/mol. The molecule has 0 saturated heterocycles. The van der Waals surface area contributed by atoms with Gasteiger partial charge >= 0.3 is 0 Å². The number of nitrogens with zero attached hydrogens (tertiary/aromatic N) is 2. The fourth-order valence-corrected chi connectivity index (χ4v) is 10.2. The van der Waals surface area contributed by atoms with Crippen molar-refractivity contribution in [2.45, 2.75) is 0 Å². The molecule has 3 heteroatoms. The second kappa shape index (κ2) is 15.0. The van der Waals surface area contributed by atoms with Crippen LogP contribution in [0.15, 0.2) is 247 Å². The van der Waals surface area contributed by atoms with Gasteiger partial charge in [-0.15, -0.1) is 0 Å². The average molecular weight is 829 g/mol. The standard InChI is InChI=1S/C62H40N2O/c1-2-16-41(17-3-1)44-19-14-21-47(38-44)63(48-22-15-20-45(39-48)46-35-34-43-33-32-42-18-4-5-23-49(42)55(43)40-46)59-37-36-53(62-61(59)54-27-9-13-31-60(54)65-62)52-26-8-12-30-58(52)64-56-28-10-6-24-50(56)51-25-7-11-29-57(51)64/h1-40H. The summed E-state index contributed by atoms with van der Waals surface area (Å²) in [5, 5.41) is 9.57. The van der Waals surface area contributed by atoms with Crippen LogP contribution >= 0.6 is 0 Å². The zero-order chi connectivity index (χ0) is 42.8. The van der Waals surface area contributed by atoms with E-state index in [9.17, 15) is 0 Å². The average Bonchev–Trinajstić information content (AvgIpc) is 3.94. The van der Waals surface area contributed by atoms with Gasteiger partial charge in [0.1, 0.15) is 11.2 Å². The predicted octanol–water partition coefficient (Wildman–Crippen LogP) is 17.5. The second-order valence-electron chi connectivity index (χ2n) is 16.8. The van der Waals surface area contributed by atoms with E-state index in [1.54, 1.807) is 0 Å². The molecule has 0 radical (unpaired) electrons. The van der Waals surface area contributed by atoms with E-state index in [1.807, 2.05) is 0 Å². The molecule has 0 spiro atoms. The largest absolute Gasteiger partial charge is 0.455 e. The van der Waals surface area contributed by atoms with E-state index in [4.69, 9.17) is 4.42 Å². The van der Waals surface area contributed by atoms with Gasteiger partial charge in [0.15, 0.2) is 0 Å². The molecule has 0 fully saturated rings. The number of rotatable bonds is 7. The van der Waals surface area contributed by atoms with E-state index < -0.39 is 0 Å². The van der Waals surface area contributed by atoms with Crippen LogP contribution in [0.2, 0.25) is 0 Å². The van der Waals surface area contributed by atoms with Gasteiger partial charge < -0.3 is 13.9 Å². The van der Waals surface area contributed by atoms with Crippen LogP contribution in [-0.4, -0.2) is 4.57 Å². The van der Waals surface area contributed by atoms with Crippen LogP contribution in [0.3, 0.4) is 0 Å². The molecule has 0 amide bonds. The van der Waals surface area contributed by atoms with Gasteiger partial charge in [-0.2, -0.15) is 0 Å². The first-order chi connectivity index (χ1) is 32.2. The third-order valence-electron chi connectivity index (χ3n) is 13.2. The molecule has 0 saturated carbocycles. The number of aromatic nitrogens is 1. The number of benzene rings is 11. The lowest BCUT2D eigenvalue weighted by molar-refractivity contribution is 0.670. The van der Waals surface area contributed by atoms with Gasteiger partial charge in [-0.1, -0.05) is 176 Å². The van der Waals surface area contributed by atoms with Gasteiger partial charge in [-0.25, -0.2) is 0 Å². The normalized spacial score (nSPS) is 11.7. The Kier molecular flexibility index (Phi) is 8.53. The quantitative estimate of drug-likeness (QED) is 0.149. The maximum absolute atomic E-state index is 7.07. The van der Waals surface area contributed by atoms with Gasteiger partial charge in [0.25, 0.3) is 0 Å². The van der Waals surface area contributed by atoms with Crippen molar-refractivity contribution in [3.8, 4) is 39.1 Å². The molecule has 0 N–H and O–H groups in total. The minimum absolute atomic E-state index is 0.846. The van der Waals surface area contributed by atoms with E-state index in [0.717, 1.165) is 66.9 Å². The molecular formula is C62H40N2O. The van der Waals surface area contributed by atoms with Crippen LogP contribution < -0.4 is 4.90 Å². The minimum Gasteiger partial charge on any atom is -0.455 e. The first-order valence-electron chi connectivity index (χ1n) is 22.2.